The van der Waals surface area contributed by atoms with Crippen molar-refractivity contribution in [3.63, 3.8) is 0 Å². The third-order valence-electron chi connectivity index (χ3n) is 5.15. The molecular weight excluding hydrogens is 250 g/mol. The van der Waals surface area contributed by atoms with Crippen molar-refractivity contribution in [1.29, 1.82) is 0 Å². The molecule has 2 aliphatic rings. The molecule has 0 aromatic heterocycles. The lowest BCUT2D eigenvalue weighted by Crippen LogP contribution is -3.13. The molecule has 1 saturated heterocycles. The molecule has 2 fully saturated rings. The number of carbonyl (C=O) groups is 1. The Bertz CT molecular complexity index is 307. The van der Waals surface area contributed by atoms with Crippen LogP contribution >= 0.6 is 0 Å². The summed E-state index contributed by atoms with van der Waals surface area (Å²) in [4.78, 5) is 13.4. The van der Waals surface area contributed by atoms with Crippen molar-refractivity contribution < 1.29 is 14.4 Å². The quantitative estimate of drug-likeness (QED) is 0.805. The van der Waals surface area contributed by atoms with Crippen LogP contribution in [0.3, 0.4) is 0 Å². The van der Waals surface area contributed by atoms with Crippen LogP contribution in [-0.2, 0) is 9.53 Å². The summed E-state index contributed by atoms with van der Waals surface area (Å²) in [6, 6.07) is 0. The maximum Gasteiger partial charge on any atom is 0.361 e. The molecule has 0 radical (unpaired) electrons. The molecule has 0 spiro atoms. The molecule has 0 amide bonds. The highest BCUT2D eigenvalue weighted by molar-refractivity contribution is 5.70. The van der Waals surface area contributed by atoms with E-state index in [9.17, 15) is 4.79 Å². The van der Waals surface area contributed by atoms with E-state index in [-0.39, 0.29) is 12.1 Å². The maximum atomic E-state index is 12.0. The molecule has 1 aliphatic heterocycles. The Labute approximate surface area is 124 Å². The first-order valence-corrected chi connectivity index (χ1v) is 8.48. The highest BCUT2D eigenvalue weighted by Gasteiger charge is 2.31. The summed E-state index contributed by atoms with van der Waals surface area (Å²) in [6.45, 7) is 9.84. The van der Waals surface area contributed by atoms with Crippen LogP contribution in [0.1, 0.15) is 65.7 Å². The molecule has 3 nitrogen and oxygen atoms in total. The minimum absolute atomic E-state index is 0.0288. The number of rotatable bonds is 3. The largest absolute Gasteiger partial charge is 0.458 e. The van der Waals surface area contributed by atoms with Gasteiger partial charge in [0.25, 0.3) is 0 Å². The van der Waals surface area contributed by atoms with E-state index in [4.69, 9.17) is 4.74 Å². The van der Waals surface area contributed by atoms with Gasteiger partial charge in [-0.1, -0.05) is 20.8 Å². The molecule has 2 rings (SSSR count). The van der Waals surface area contributed by atoms with E-state index in [2.05, 4.69) is 20.8 Å². The number of hydrogen-bond acceptors (Lipinski definition) is 2. The SMILES string of the molecule is CC(C)(C)C1CCC(OC(=O)C[NH+]2CCCCC2)CC1. The van der Waals surface area contributed by atoms with Crippen LogP contribution in [0.5, 0.6) is 0 Å². The molecule has 0 aromatic rings. The normalized spacial score (nSPS) is 29.1. The van der Waals surface area contributed by atoms with E-state index in [1.807, 2.05) is 0 Å². The second kappa shape index (κ2) is 6.93. The second-order valence-corrected chi connectivity index (χ2v) is 7.82. The summed E-state index contributed by atoms with van der Waals surface area (Å²) in [6.07, 6.45) is 8.57. The summed E-state index contributed by atoms with van der Waals surface area (Å²) in [5.74, 6) is 0.811. The Balaban J connectivity index is 1.68. The lowest BCUT2D eigenvalue weighted by molar-refractivity contribution is -0.897. The number of hydrogen-bond donors (Lipinski definition) is 1. The summed E-state index contributed by atoms with van der Waals surface area (Å²) >= 11 is 0. The fourth-order valence-corrected chi connectivity index (χ4v) is 3.71. The Morgan fingerprint density at radius 1 is 1.05 bits per heavy atom. The minimum Gasteiger partial charge on any atom is -0.458 e. The van der Waals surface area contributed by atoms with Crippen LogP contribution in [0, 0.1) is 11.3 Å². The molecule has 1 heterocycles. The molecule has 116 valence electrons. The lowest BCUT2D eigenvalue weighted by Gasteiger charge is -2.36. The molecule has 0 unspecified atom stereocenters. The van der Waals surface area contributed by atoms with Crippen LogP contribution in [-0.4, -0.2) is 31.7 Å². The third kappa shape index (κ3) is 4.76. The van der Waals surface area contributed by atoms with Crippen molar-refractivity contribution in [1.82, 2.24) is 0 Å². The molecule has 1 saturated carbocycles. The topological polar surface area (TPSA) is 30.7 Å². The fraction of sp³-hybridized carbons (Fsp3) is 0.941. The molecule has 20 heavy (non-hydrogen) atoms. The van der Waals surface area contributed by atoms with Crippen LogP contribution < -0.4 is 4.90 Å². The van der Waals surface area contributed by atoms with Gasteiger partial charge in [-0.3, -0.25) is 0 Å². The first-order valence-electron chi connectivity index (χ1n) is 8.48. The van der Waals surface area contributed by atoms with E-state index >= 15 is 0 Å². The Morgan fingerprint density at radius 3 is 2.20 bits per heavy atom. The van der Waals surface area contributed by atoms with Crippen molar-refractivity contribution in [2.75, 3.05) is 19.6 Å². The van der Waals surface area contributed by atoms with Gasteiger partial charge in [-0.05, 0) is 56.3 Å². The van der Waals surface area contributed by atoms with Crippen LogP contribution in [0.4, 0.5) is 0 Å². The van der Waals surface area contributed by atoms with Gasteiger partial charge in [0.15, 0.2) is 6.54 Å². The highest BCUT2D eigenvalue weighted by Crippen LogP contribution is 2.38. The van der Waals surface area contributed by atoms with Crippen LogP contribution in [0.25, 0.3) is 0 Å². The monoisotopic (exact) mass is 282 g/mol. The van der Waals surface area contributed by atoms with Crippen molar-refractivity contribution in [2.45, 2.75) is 71.8 Å². The van der Waals surface area contributed by atoms with Gasteiger partial charge in [-0.2, -0.15) is 0 Å². The third-order valence-corrected chi connectivity index (χ3v) is 5.15. The molecule has 0 atom stereocenters. The van der Waals surface area contributed by atoms with Crippen LogP contribution in [0.2, 0.25) is 0 Å². The Morgan fingerprint density at radius 2 is 1.65 bits per heavy atom. The molecule has 1 N–H and O–H groups in total. The summed E-state index contributed by atoms with van der Waals surface area (Å²) in [5.41, 5.74) is 0.396. The number of nitrogens with one attached hydrogen (secondary N) is 1. The first kappa shape index (κ1) is 15.8. The number of carbonyl (C=O) groups excluding carboxylic acids is 1. The number of ether oxygens (including phenoxy) is 1. The van der Waals surface area contributed by atoms with Gasteiger partial charge >= 0.3 is 5.97 Å². The van der Waals surface area contributed by atoms with Crippen molar-refractivity contribution in [2.24, 2.45) is 11.3 Å². The van der Waals surface area contributed by atoms with E-state index in [0.717, 1.165) is 31.8 Å². The number of likely N-dealkylation sites (tertiary alicyclic amines) is 1. The van der Waals surface area contributed by atoms with E-state index in [0.29, 0.717) is 12.0 Å². The molecule has 0 aromatic carbocycles. The average Bonchev–Trinajstić information content (AvgIpc) is 2.39. The lowest BCUT2D eigenvalue weighted by atomic mass is 9.72. The van der Waals surface area contributed by atoms with Crippen molar-refractivity contribution >= 4 is 5.97 Å². The summed E-state index contributed by atoms with van der Waals surface area (Å²) < 4.78 is 5.70. The standard InChI is InChI=1S/C17H31NO2/c1-17(2,3)14-7-9-15(10-8-14)20-16(19)13-18-11-5-4-6-12-18/h14-15H,4-13H2,1-3H3/p+1. The Hall–Kier alpha value is -0.570. The second-order valence-electron chi connectivity index (χ2n) is 7.82. The zero-order chi connectivity index (χ0) is 14.6. The van der Waals surface area contributed by atoms with Crippen molar-refractivity contribution in [3.05, 3.63) is 0 Å². The minimum atomic E-state index is 0.0288. The average molecular weight is 282 g/mol. The van der Waals surface area contributed by atoms with E-state index < -0.39 is 0 Å². The number of esters is 1. The van der Waals surface area contributed by atoms with Gasteiger partial charge in [-0.15, -0.1) is 0 Å². The van der Waals surface area contributed by atoms with Gasteiger partial charge in [0.1, 0.15) is 6.10 Å². The molecule has 0 bridgehead atoms. The van der Waals surface area contributed by atoms with Gasteiger partial charge in [0, 0.05) is 0 Å². The van der Waals surface area contributed by atoms with Crippen molar-refractivity contribution in [3.8, 4) is 0 Å². The Kier molecular flexibility index (Phi) is 5.48. The van der Waals surface area contributed by atoms with Gasteiger partial charge in [0.05, 0.1) is 13.1 Å². The van der Waals surface area contributed by atoms with Gasteiger partial charge in [0.2, 0.25) is 0 Å². The highest BCUT2D eigenvalue weighted by atomic mass is 16.5. The first-order chi connectivity index (χ1) is 9.45. The zero-order valence-corrected chi connectivity index (χ0v) is 13.5. The predicted octanol–water partition coefficient (Wildman–Crippen LogP) is 2.20. The smallest absolute Gasteiger partial charge is 0.361 e. The summed E-state index contributed by atoms with van der Waals surface area (Å²) in [7, 11) is 0. The maximum absolute atomic E-state index is 12.0. The molecule has 3 heteroatoms. The van der Waals surface area contributed by atoms with E-state index in [1.54, 1.807) is 0 Å². The van der Waals surface area contributed by atoms with Crippen LogP contribution in [0.15, 0.2) is 0 Å². The number of quaternary nitrogens is 1. The zero-order valence-electron chi connectivity index (χ0n) is 13.5. The van der Waals surface area contributed by atoms with Gasteiger partial charge in [-0.25, -0.2) is 4.79 Å². The predicted molar refractivity (Wildman–Crippen MR) is 80.7 cm³/mol. The van der Waals surface area contributed by atoms with E-state index in [1.165, 1.54) is 37.0 Å². The number of piperidine rings is 1. The van der Waals surface area contributed by atoms with Gasteiger partial charge < -0.3 is 9.64 Å². The fourth-order valence-electron chi connectivity index (χ4n) is 3.71. The molecule has 1 aliphatic carbocycles. The summed E-state index contributed by atoms with van der Waals surface area (Å²) in [5, 5.41) is 0. The molecular formula is C17H32NO2+.